The van der Waals surface area contributed by atoms with Crippen molar-refractivity contribution in [2.45, 2.75) is 25.1 Å². The molecular weight excluding hydrogens is 419 g/mol. The first-order valence-electron chi connectivity index (χ1n) is 10.4. The summed E-state index contributed by atoms with van der Waals surface area (Å²) in [7, 11) is 3.93. The fourth-order valence-corrected chi connectivity index (χ4v) is 3.35. The number of nitrogens with zero attached hydrogens (tertiary/aromatic N) is 3. The molecule has 1 heterocycles. The maximum atomic E-state index is 13.7. The summed E-state index contributed by atoms with van der Waals surface area (Å²) >= 11 is 0. The van der Waals surface area contributed by atoms with Gasteiger partial charge < -0.3 is 15.5 Å². The highest BCUT2D eigenvalue weighted by atomic mass is 19.4. The van der Waals surface area contributed by atoms with E-state index in [2.05, 4.69) is 20.6 Å². The first kappa shape index (κ1) is 22.0. The molecule has 9 heteroatoms. The molecule has 1 aliphatic carbocycles. The minimum absolute atomic E-state index is 0.0453. The van der Waals surface area contributed by atoms with Crippen molar-refractivity contribution >= 4 is 22.8 Å². The molecule has 1 aromatic heterocycles. The van der Waals surface area contributed by atoms with Crippen LogP contribution in [0.5, 0.6) is 0 Å². The molecule has 1 amide bonds. The van der Waals surface area contributed by atoms with E-state index in [9.17, 15) is 18.0 Å². The number of alkyl halides is 3. The third kappa shape index (κ3) is 5.16. The van der Waals surface area contributed by atoms with Crippen molar-refractivity contribution in [3.63, 3.8) is 0 Å². The predicted molar refractivity (Wildman–Crippen MR) is 118 cm³/mol. The first-order valence-corrected chi connectivity index (χ1v) is 10.4. The number of rotatable bonds is 7. The Labute approximate surface area is 183 Å². The summed E-state index contributed by atoms with van der Waals surface area (Å²) in [6.45, 7) is 1.48. The Balaban J connectivity index is 1.67. The van der Waals surface area contributed by atoms with Gasteiger partial charge in [-0.25, -0.2) is 9.97 Å². The van der Waals surface area contributed by atoms with Gasteiger partial charge in [-0.1, -0.05) is 6.07 Å². The van der Waals surface area contributed by atoms with Gasteiger partial charge in [0.15, 0.2) is 0 Å². The summed E-state index contributed by atoms with van der Waals surface area (Å²) in [4.78, 5) is 23.1. The standard InChI is InChI=1S/C23H24F3N5O/c1-31(2)10-9-27-22-28-13-16-11-14(4-8-20(16)30-22)18-12-15(21(32)29-17-5-6-17)3-7-19(18)23(24,25)26/h3-4,7-8,11-13,17H,5-6,9-10H2,1-2H3,(H,29,32)(H,27,28,30). The highest BCUT2D eigenvalue weighted by molar-refractivity contribution is 5.96. The number of amides is 1. The number of carbonyl (C=O) groups is 1. The minimum Gasteiger partial charge on any atom is -0.353 e. The summed E-state index contributed by atoms with van der Waals surface area (Å²) in [5.74, 6) is 0.0989. The van der Waals surface area contributed by atoms with Crippen LogP contribution in [0, 0.1) is 0 Å². The molecule has 2 aromatic carbocycles. The van der Waals surface area contributed by atoms with Gasteiger partial charge in [0.05, 0.1) is 11.1 Å². The van der Waals surface area contributed by atoms with Crippen molar-refractivity contribution < 1.29 is 18.0 Å². The third-order valence-corrected chi connectivity index (χ3v) is 5.23. The van der Waals surface area contributed by atoms with E-state index in [0.717, 1.165) is 25.5 Å². The van der Waals surface area contributed by atoms with Gasteiger partial charge in [-0.05, 0) is 68.4 Å². The second kappa shape index (κ2) is 8.74. The molecule has 0 spiro atoms. The largest absolute Gasteiger partial charge is 0.417 e. The lowest BCUT2D eigenvalue weighted by molar-refractivity contribution is -0.137. The summed E-state index contributed by atoms with van der Waals surface area (Å²) in [6.07, 6.45) is -1.17. The molecule has 0 unspecified atom stereocenters. The van der Waals surface area contributed by atoms with Crippen molar-refractivity contribution in [3.05, 3.63) is 53.7 Å². The third-order valence-electron chi connectivity index (χ3n) is 5.23. The van der Waals surface area contributed by atoms with Gasteiger partial charge in [0.2, 0.25) is 5.95 Å². The van der Waals surface area contributed by atoms with Crippen LogP contribution in [0.25, 0.3) is 22.0 Å². The number of halogens is 3. The van der Waals surface area contributed by atoms with E-state index in [0.29, 0.717) is 29.0 Å². The maximum Gasteiger partial charge on any atom is 0.417 e. The number of likely N-dealkylation sites (N-methyl/N-ethyl adjacent to an activating group) is 1. The molecule has 1 fully saturated rings. The second-order valence-electron chi connectivity index (χ2n) is 8.20. The zero-order chi connectivity index (χ0) is 22.9. The van der Waals surface area contributed by atoms with Gasteiger partial charge in [-0.2, -0.15) is 13.2 Å². The molecule has 4 rings (SSSR count). The van der Waals surface area contributed by atoms with Crippen molar-refractivity contribution in [2.24, 2.45) is 0 Å². The zero-order valence-corrected chi connectivity index (χ0v) is 17.8. The Morgan fingerprint density at radius 1 is 1.16 bits per heavy atom. The Bertz CT molecular complexity index is 1140. The molecule has 0 atom stereocenters. The van der Waals surface area contributed by atoms with Crippen molar-refractivity contribution in [2.75, 3.05) is 32.5 Å². The predicted octanol–water partition coefficient (Wildman–Crippen LogP) is 4.18. The van der Waals surface area contributed by atoms with E-state index >= 15 is 0 Å². The van der Waals surface area contributed by atoms with Gasteiger partial charge >= 0.3 is 6.18 Å². The second-order valence-corrected chi connectivity index (χ2v) is 8.20. The number of anilines is 1. The average Bonchev–Trinajstić information content (AvgIpc) is 3.56. The van der Waals surface area contributed by atoms with Crippen LogP contribution in [0.2, 0.25) is 0 Å². The Morgan fingerprint density at radius 2 is 1.94 bits per heavy atom. The lowest BCUT2D eigenvalue weighted by Gasteiger charge is -2.15. The number of hydrogen-bond acceptors (Lipinski definition) is 5. The molecule has 168 valence electrons. The first-order chi connectivity index (χ1) is 15.2. The number of aromatic nitrogens is 2. The average molecular weight is 443 g/mol. The summed E-state index contributed by atoms with van der Waals surface area (Å²) in [5, 5.41) is 6.56. The van der Waals surface area contributed by atoms with Gasteiger partial charge in [0.1, 0.15) is 0 Å². The highest BCUT2D eigenvalue weighted by Crippen LogP contribution is 2.38. The SMILES string of the molecule is CN(C)CCNc1ncc2cc(-c3cc(C(=O)NC4CC4)ccc3C(F)(F)F)ccc2n1. The van der Waals surface area contributed by atoms with Crippen LogP contribution in [-0.2, 0) is 6.18 Å². The van der Waals surface area contributed by atoms with Crippen LogP contribution in [0.3, 0.4) is 0 Å². The molecule has 6 nitrogen and oxygen atoms in total. The van der Waals surface area contributed by atoms with E-state index in [-0.39, 0.29) is 23.1 Å². The molecule has 0 radical (unpaired) electrons. The number of fused-ring (bicyclic) bond motifs is 1. The molecule has 1 saturated carbocycles. The lowest BCUT2D eigenvalue weighted by Crippen LogP contribution is -2.25. The van der Waals surface area contributed by atoms with E-state index in [1.54, 1.807) is 24.4 Å². The molecule has 2 N–H and O–H groups in total. The molecular formula is C23H24F3N5O. The number of benzene rings is 2. The molecule has 0 aliphatic heterocycles. The molecule has 0 bridgehead atoms. The molecule has 0 saturated heterocycles. The summed E-state index contributed by atoms with van der Waals surface area (Å²) < 4.78 is 41.1. The lowest BCUT2D eigenvalue weighted by atomic mass is 9.95. The van der Waals surface area contributed by atoms with Crippen LogP contribution < -0.4 is 10.6 Å². The molecule has 1 aliphatic rings. The Morgan fingerprint density at radius 3 is 2.62 bits per heavy atom. The zero-order valence-electron chi connectivity index (χ0n) is 17.8. The number of hydrogen-bond donors (Lipinski definition) is 2. The van der Waals surface area contributed by atoms with E-state index in [1.807, 2.05) is 19.0 Å². The minimum atomic E-state index is -4.55. The summed E-state index contributed by atoms with van der Waals surface area (Å²) in [6, 6.07) is 8.49. The fraction of sp³-hybridized carbons (Fsp3) is 0.348. The van der Waals surface area contributed by atoms with Gasteiger partial charge in [-0.15, -0.1) is 0 Å². The molecule has 32 heavy (non-hydrogen) atoms. The van der Waals surface area contributed by atoms with Gasteiger partial charge in [0, 0.05) is 36.3 Å². The van der Waals surface area contributed by atoms with Crippen molar-refractivity contribution in [1.29, 1.82) is 0 Å². The molecule has 3 aromatic rings. The van der Waals surface area contributed by atoms with Crippen LogP contribution in [-0.4, -0.2) is 54.0 Å². The number of carbonyl (C=O) groups excluding carboxylic acids is 1. The van der Waals surface area contributed by atoms with Crippen LogP contribution in [0.15, 0.2) is 42.6 Å². The normalized spacial score (nSPS) is 14.1. The van der Waals surface area contributed by atoms with Crippen molar-refractivity contribution in [1.82, 2.24) is 20.2 Å². The fourth-order valence-electron chi connectivity index (χ4n) is 3.35. The van der Waals surface area contributed by atoms with Crippen LogP contribution in [0.1, 0.15) is 28.8 Å². The summed E-state index contributed by atoms with van der Waals surface area (Å²) in [5.41, 5.74) is 0.338. The van der Waals surface area contributed by atoms with Crippen LogP contribution in [0.4, 0.5) is 19.1 Å². The smallest absolute Gasteiger partial charge is 0.353 e. The van der Waals surface area contributed by atoms with Crippen LogP contribution >= 0.6 is 0 Å². The quantitative estimate of drug-likeness (QED) is 0.573. The van der Waals surface area contributed by atoms with E-state index < -0.39 is 11.7 Å². The maximum absolute atomic E-state index is 13.7. The number of nitrogens with one attached hydrogen (secondary N) is 2. The van der Waals surface area contributed by atoms with Gasteiger partial charge in [-0.3, -0.25) is 4.79 Å². The van der Waals surface area contributed by atoms with E-state index in [4.69, 9.17) is 0 Å². The Kier molecular flexibility index (Phi) is 6.01. The van der Waals surface area contributed by atoms with Gasteiger partial charge in [0.25, 0.3) is 5.91 Å². The van der Waals surface area contributed by atoms with E-state index in [1.165, 1.54) is 12.1 Å². The van der Waals surface area contributed by atoms with Crippen molar-refractivity contribution in [3.8, 4) is 11.1 Å². The monoisotopic (exact) mass is 443 g/mol. The Hall–Kier alpha value is -3.20. The highest BCUT2D eigenvalue weighted by Gasteiger charge is 2.34. The topological polar surface area (TPSA) is 70.2 Å².